The number of hydrogen-bond donors (Lipinski definition) is 2. The molecule has 2 N–H and O–H groups in total. The third kappa shape index (κ3) is 4.47. The predicted molar refractivity (Wildman–Crippen MR) is 139 cm³/mol. The van der Waals surface area contributed by atoms with Gasteiger partial charge in [0.15, 0.2) is 5.82 Å². The third-order valence-corrected chi connectivity index (χ3v) is 6.83. The first-order valence-corrected chi connectivity index (χ1v) is 12.3. The van der Waals surface area contributed by atoms with Gasteiger partial charge < -0.3 is 20.3 Å². The van der Waals surface area contributed by atoms with Crippen molar-refractivity contribution in [2.45, 2.75) is 18.8 Å². The second kappa shape index (κ2) is 9.28. The van der Waals surface area contributed by atoms with E-state index < -0.39 is 0 Å². The summed E-state index contributed by atoms with van der Waals surface area (Å²) in [5, 5.41) is 8.46. The van der Waals surface area contributed by atoms with Crippen molar-refractivity contribution in [1.29, 1.82) is 0 Å². The number of benzene rings is 1. The molecule has 2 aliphatic rings. The molecule has 1 saturated heterocycles. The maximum Gasteiger partial charge on any atom is 0.162 e. The Hall–Kier alpha value is -3.49. The molecule has 0 radical (unpaired) electrons. The van der Waals surface area contributed by atoms with Gasteiger partial charge in [-0.05, 0) is 48.6 Å². The lowest BCUT2D eigenvalue weighted by Gasteiger charge is -2.30. The number of piperazine rings is 1. The average Bonchev–Trinajstić information content (AvgIpc) is 3.75. The fraction of sp³-hybridized carbons (Fsp3) is 0.308. The minimum Gasteiger partial charge on any atom is -0.497 e. The number of rotatable bonds is 6. The van der Waals surface area contributed by atoms with Gasteiger partial charge in [0.25, 0.3) is 0 Å². The molecule has 1 aliphatic carbocycles. The number of nitrogens with one attached hydrogen (secondary N) is 2. The Labute approximate surface area is 208 Å². The minimum absolute atomic E-state index is 0.562. The number of ether oxygens (including phenoxy) is 1. The molecule has 0 amide bonds. The second-order valence-electron chi connectivity index (χ2n) is 8.91. The number of aromatic nitrogens is 4. The summed E-state index contributed by atoms with van der Waals surface area (Å²) in [4.78, 5) is 21.4. The zero-order valence-electron chi connectivity index (χ0n) is 19.5. The largest absolute Gasteiger partial charge is 0.497 e. The summed E-state index contributed by atoms with van der Waals surface area (Å²) in [5.74, 6) is 3.58. The van der Waals surface area contributed by atoms with Crippen molar-refractivity contribution in [2.75, 3.05) is 43.5 Å². The molecule has 9 heteroatoms. The van der Waals surface area contributed by atoms with Gasteiger partial charge >= 0.3 is 0 Å². The van der Waals surface area contributed by atoms with Crippen molar-refractivity contribution < 1.29 is 4.74 Å². The highest BCUT2D eigenvalue weighted by molar-refractivity contribution is 6.33. The van der Waals surface area contributed by atoms with E-state index in [-0.39, 0.29) is 0 Å². The molecule has 3 aromatic heterocycles. The summed E-state index contributed by atoms with van der Waals surface area (Å²) in [6, 6.07) is 9.33. The van der Waals surface area contributed by atoms with Crippen molar-refractivity contribution in [1.82, 2.24) is 25.3 Å². The molecule has 1 aromatic carbocycles. The Morgan fingerprint density at radius 1 is 1.09 bits per heavy atom. The van der Waals surface area contributed by atoms with Gasteiger partial charge in [0.05, 0.1) is 29.5 Å². The molecule has 1 aliphatic heterocycles. The zero-order valence-corrected chi connectivity index (χ0v) is 20.2. The summed E-state index contributed by atoms with van der Waals surface area (Å²) in [7, 11) is 1.63. The van der Waals surface area contributed by atoms with Gasteiger partial charge in [-0.3, -0.25) is 4.98 Å². The van der Waals surface area contributed by atoms with E-state index in [4.69, 9.17) is 26.3 Å². The summed E-state index contributed by atoms with van der Waals surface area (Å²) in [5.41, 5.74) is 3.74. The third-order valence-electron chi connectivity index (χ3n) is 6.51. The van der Waals surface area contributed by atoms with Crippen molar-refractivity contribution in [2.24, 2.45) is 0 Å². The maximum absolute atomic E-state index is 6.39. The molecule has 4 aromatic rings. The first-order chi connectivity index (χ1) is 17.2. The molecule has 178 valence electrons. The molecule has 0 unspecified atom stereocenters. The number of nitrogens with zero attached hydrogens (tertiary/aromatic N) is 5. The number of pyridine rings is 2. The lowest BCUT2D eigenvalue weighted by molar-refractivity contribution is 0.415. The molecule has 0 spiro atoms. The molecule has 6 rings (SSSR count). The summed E-state index contributed by atoms with van der Waals surface area (Å²) in [6.45, 7) is 3.70. The fourth-order valence-corrected chi connectivity index (χ4v) is 4.70. The molecule has 2 fully saturated rings. The minimum atomic E-state index is 0.562. The smallest absolute Gasteiger partial charge is 0.162 e. The van der Waals surface area contributed by atoms with E-state index in [9.17, 15) is 0 Å². The number of hydrogen-bond acceptors (Lipinski definition) is 8. The predicted octanol–water partition coefficient (Wildman–Crippen LogP) is 4.78. The zero-order chi connectivity index (χ0) is 23.8. The number of methoxy groups -OCH3 is 1. The maximum atomic E-state index is 6.39. The van der Waals surface area contributed by atoms with Crippen LogP contribution < -0.4 is 20.3 Å². The normalized spacial score (nSPS) is 15.9. The highest BCUT2D eigenvalue weighted by Crippen LogP contribution is 2.45. The van der Waals surface area contributed by atoms with E-state index in [0.29, 0.717) is 28.3 Å². The van der Waals surface area contributed by atoms with Crippen molar-refractivity contribution in [3.63, 3.8) is 0 Å². The molecule has 1 saturated carbocycles. The molecular weight excluding hydrogens is 462 g/mol. The molecule has 35 heavy (non-hydrogen) atoms. The quantitative estimate of drug-likeness (QED) is 0.401. The van der Waals surface area contributed by atoms with Crippen LogP contribution in [-0.4, -0.2) is 53.2 Å². The molecule has 4 heterocycles. The van der Waals surface area contributed by atoms with E-state index in [2.05, 4.69) is 25.5 Å². The standard InChI is InChI=1S/C26H26ClN7O/c1-35-18-4-5-20(27)21(13-18)31-23-12-17(6-7-30-23)25-32-22-15-29-14-19(16-2-3-16)24(22)26(33-25)34-10-8-28-9-11-34/h4-7,12-16,28H,2-3,8-11H2,1H3,(H,30,31). The van der Waals surface area contributed by atoms with Crippen LogP contribution in [0.2, 0.25) is 5.02 Å². The fourth-order valence-electron chi connectivity index (χ4n) is 4.53. The van der Waals surface area contributed by atoms with E-state index in [1.807, 2.05) is 36.7 Å². The Balaban J connectivity index is 1.42. The average molecular weight is 488 g/mol. The van der Waals surface area contributed by atoms with Gasteiger partial charge in [-0.25, -0.2) is 15.0 Å². The first-order valence-electron chi connectivity index (χ1n) is 11.9. The van der Waals surface area contributed by atoms with Gasteiger partial charge in [-0.1, -0.05) is 11.6 Å². The van der Waals surface area contributed by atoms with Crippen LogP contribution in [0.3, 0.4) is 0 Å². The van der Waals surface area contributed by atoms with Gasteiger partial charge in [0.2, 0.25) is 0 Å². The Kier molecular flexibility index (Phi) is 5.83. The molecular formula is C26H26ClN7O. The van der Waals surface area contributed by atoms with Crippen LogP contribution in [0.4, 0.5) is 17.3 Å². The Bertz CT molecular complexity index is 1390. The van der Waals surface area contributed by atoms with Gasteiger partial charge in [0.1, 0.15) is 17.4 Å². The summed E-state index contributed by atoms with van der Waals surface area (Å²) >= 11 is 6.39. The van der Waals surface area contributed by atoms with Crippen molar-refractivity contribution in [3.05, 3.63) is 59.5 Å². The lowest BCUT2D eigenvalue weighted by atomic mass is 10.1. The summed E-state index contributed by atoms with van der Waals surface area (Å²) in [6.07, 6.45) is 8.02. The molecule has 8 nitrogen and oxygen atoms in total. The first kappa shape index (κ1) is 22.0. The van der Waals surface area contributed by atoms with Crippen LogP contribution in [0.15, 0.2) is 48.9 Å². The van der Waals surface area contributed by atoms with E-state index in [0.717, 1.165) is 54.2 Å². The molecule has 0 atom stereocenters. The summed E-state index contributed by atoms with van der Waals surface area (Å²) < 4.78 is 5.33. The van der Waals surface area contributed by atoms with Crippen molar-refractivity contribution >= 4 is 39.8 Å². The highest BCUT2D eigenvalue weighted by Gasteiger charge is 2.29. The van der Waals surface area contributed by atoms with Crippen LogP contribution in [0.5, 0.6) is 5.75 Å². The van der Waals surface area contributed by atoms with E-state index in [1.165, 1.54) is 18.4 Å². The highest BCUT2D eigenvalue weighted by atomic mass is 35.5. The van der Waals surface area contributed by atoms with Gasteiger partial charge in [-0.15, -0.1) is 0 Å². The number of halogens is 1. The lowest BCUT2D eigenvalue weighted by Crippen LogP contribution is -2.44. The Morgan fingerprint density at radius 3 is 2.74 bits per heavy atom. The van der Waals surface area contributed by atoms with Crippen LogP contribution in [-0.2, 0) is 0 Å². The van der Waals surface area contributed by atoms with Gasteiger partial charge in [0, 0.05) is 55.6 Å². The van der Waals surface area contributed by atoms with Crippen LogP contribution in [0.1, 0.15) is 24.3 Å². The number of fused-ring (bicyclic) bond motifs is 1. The van der Waals surface area contributed by atoms with E-state index >= 15 is 0 Å². The van der Waals surface area contributed by atoms with Crippen LogP contribution in [0, 0.1) is 0 Å². The second-order valence-corrected chi connectivity index (χ2v) is 9.31. The monoisotopic (exact) mass is 487 g/mol. The van der Waals surface area contributed by atoms with Crippen LogP contribution in [0.25, 0.3) is 22.3 Å². The Morgan fingerprint density at radius 2 is 1.94 bits per heavy atom. The van der Waals surface area contributed by atoms with Crippen LogP contribution >= 0.6 is 11.6 Å². The number of anilines is 3. The SMILES string of the molecule is COc1ccc(Cl)c(Nc2cc(-c3nc(N4CCNCC4)c4c(C5CC5)cncc4n3)ccn2)c1. The van der Waals surface area contributed by atoms with E-state index in [1.54, 1.807) is 19.4 Å². The topological polar surface area (TPSA) is 88.1 Å². The van der Waals surface area contributed by atoms with Gasteiger partial charge in [-0.2, -0.15) is 0 Å². The van der Waals surface area contributed by atoms with Crippen molar-refractivity contribution in [3.8, 4) is 17.1 Å². The molecule has 0 bridgehead atoms.